The Morgan fingerprint density at radius 2 is 1.95 bits per heavy atom. The average molecular weight is 358 g/mol. The maximum atomic E-state index is 13.1. The topological polar surface area (TPSA) is 55.1 Å². The first-order valence-corrected chi connectivity index (χ1v) is 6.91. The molecule has 20 heavy (non-hydrogen) atoms. The largest absolute Gasteiger partial charge is 0.399 e. The molecule has 0 aliphatic rings. The molecule has 0 bridgehead atoms. The zero-order valence-corrected chi connectivity index (χ0v) is 12.6. The standard InChI is InChI=1S/C14H11BrClFN2O/c15-11-6-9(17)7-12(16)14(11)19-13(20)5-8-1-3-10(18)4-2-8/h1-4,6-7H,5,18H2,(H,19,20). The number of halogens is 3. The Balaban J connectivity index is 2.10. The van der Waals surface area contributed by atoms with Crippen molar-refractivity contribution in [1.82, 2.24) is 0 Å². The molecule has 6 heteroatoms. The highest BCUT2D eigenvalue weighted by atomic mass is 79.9. The van der Waals surface area contributed by atoms with Crippen molar-refractivity contribution in [1.29, 1.82) is 0 Å². The number of anilines is 2. The monoisotopic (exact) mass is 356 g/mol. The Labute approximate surface area is 129 Å². The molecule has 0 spiro atoms. The summed E-state index contributed by atoms with van der Waals surface area (Å²) in [4.78, 5) is 11.9. The molecule has 0 atom stereocenters. The molecule has 2 aromatic rings. The van der Waals surface area contributed by atoms with E-state index in [1.807, 2.05) is 0 Å². The number of carbonyl (C=O) groups is 1. The summed E-state index contributed by atoms with van der Waals surface area (Å²) < 4.78 is 13.5. The molecule has 0 saturated heterocycles. The van der Waals surface area contributed by atoms with Crippen LogP contribution in [-0.4, -0.2) is 5.91 Å². The van der Waals surface area contributed by atoms with Crippen molar-refractivity contribution < 1.29 is 9.18 Å². The van der Waals surface area contributed by atoms with E-state index in [9.17, 15) is 9.18 Å². The summed E-state index contributed by atoms with van der Waals surface area (Å²) in [7, 11) is 0. The molecule has 104 valence electrons. The lowest BCUT2D eigenvalue weighted by atomic mass is 10.1. The highest BCUT2D eigenvalue weighted by molar-refractivity contribution is 9.10. The summed E-state index contributed by atoms with van der Waals surface area (Å²) in [5.74, 6) is -0.720. The quantitative estimate of drug-likeness (QED) is 0.816. The fourth-order valence-electron chi connectivity index (χ4n) is 1.67. The fraction of sp³-hybridized carbons (Fsp3) is 0.0714. The van der Waals surface area contributed by atoms with Gasteiger partial charge in [0.1, 0.15) is 5.82 Å². The van der Waals surface area contributed by atoms with Crippen molar-refractivity contribution >= 4 is 44.8 Å². The molecule has 0 heterocycles. The lowest BCUT2D eigenvalue weighted by Crippen LogP contribution is -2.15. The summed E-state index contributed by atoms with van der Waals surface area (Å²) in [5.41, 5.74) is 7.39. The van der Waals surface area contributed by atoms with Crippen LogP contribution in [0.5, 0.6) is 0 Å². The molecule has 0 radical (unpaired) electrons. The molecule has 2 aromatic carbocycles. The van der Waals surface area contributed by atoms with Gasteiger partial charge < -0.3 is 11.1 Å². The van der Waals surface area contributed by atoms with Gasteiger partial charge in [-0.15, -0.1) is 0 Å². The minimum Gasteiger partial charge on any atom is -0.399 e. The van der Waals surface area contributed by atoms with Gasteiger partial charge in [-0.1, -0.05) is 23.7 Å². The highest BCUT2D eigenvalue weighted by Crippen LogP contribution is 2.31. The number of hydrogen-bond donors (Lipinski definition) is 2. The Hall–Kier alpha value is -1.59. The van der Waals surface area contributed by atoms with Crippen LogP contribution in [0.25, 0.3) is 0 Å². The minimum atomic E-state index is -0.474. The van der Waals surface area contributed by atoms with Gasteiger partial charge in [0.15, 0.2) is 0 Å². The number of benzene rings is 2. The molecule has 3 nitrogen and oxygen atoms in total. The predicted molar refractivity (Wildman–Crippen MR) is 82.3 cm³/mol. The first kappa shape index (κ1) is 14.8. The molecule has 0 saturated carbocycles. The number of amides is 1. The normalized spacial score (nSPS) is 10.3. The lowest BCUT2D eigenvalue weighted by Gasteiger charge is -2.10. The number of nitrogen functional groups attached to an aromatic ring is 1. The van der Waals surface area contributed by atoms with Crippen LogP contribution in [0, 0.1) is 5.82 Å². The van der Waals surface area contributed by atoms with E-state index in [-0.39, 0.29) is 17.4 Å². The van der Waals surface area contributed by atoms with Crippen LogP contribution >= 0.6 is 27.5 Å². The van der Waals surface area contributed by atoms with Crippen LogP contribution < -0.4 is 11.1 Å². The van der Waals surface area contributed by atoms with E-state index in [2.05, 4.69) is 21.2 Å². The van der Waals surface area contributed by atoms with Gasteiger partial charge in [-0.2, -0.15) is 0 Å². The molecule has 3 N–H and O–H groups in total. The van der Waals surface area contributed by atoms with Crippen molar-refractivity contribution in [3.63, 3.8) is 0 Å². The first-order chi connectivity index (χ1) is 9.45. The summed E-state index contributed by atoms with van der Waals surface area (Å²) in [6.45, 7) is 0. The van der Waals surface area contributed by atoms with Crippen molar-refractivity contribution in [3.05, 3.63) is 57.3 Å². The zero-order chi connectivity index (χ0) is 14.7. The Bertz CT molecular complexity index is 623. The van der Waals surface area contributed by atoms with E-state index in [1.165, 1.54) is 6.07 Å². The molecule has 0 aliphatic carbocycles. The van der Waals surface area contributed by atoms with E-state index in [0.717, 1.165) is 11.6 Å². The average Bonchev–Trinajstić information content (AvgIpc) is 2.36. The second-order valence-corrected chi connectivity index (χ2v) is 5.47. The van der Waals surface area contributed by atoms with Crippen LogP contribution in [0.3, 0.4) is 0 Å². The van der Waals surface area contributed by atoms with E-state index < -0.39 is 5.82 Å². The van der Waals surface area contributed by atoms with Crippen molar-refractivity contribution in [3.8, 4) is 0 Å². The summed E-state index contributed by atoms with van der Waals surface area (Å²) in [6, 6.07) is 9.38. The van der Waals surface area contributed by atoms with Gasteiger partial charge in [-0.25, -0.2) is 4.39 Å². The van der Waals surface area contributed by atoms with Gasteiger partial charge >= 0.3 is 0 Å². The number of hydrogen-bond acceptors (Lipinski definition) is 2. The summed E-state index contributed by atoms with van der Waals surface area (Å²) in [5, 5.41) is 2.79. The number of nitrogens with two attached hydrogens (primary N) is 1. The zero-order valence-electron chi connectivity index (χ0n) is 10.3. The smallest absolute Gasteiger partial charge is 0.228 e. The third kappa shape index (κ3) is 3.71. The van der Waals surface area contributed by atoms with Gasteiger partial charge in [0, 0.05) is 10.2 Å². The van der Waals surface area contributed by atoms with Gasteiger partial charge in [0.25, 0.3) is 0 Å². The maximum Gasteiger partial charge on any atom is 0.228 e. The number of carbonyl (C=O) groups excluding carboxylic acids is 1. The Kier molecular flexibility index (Phi) is 4.62. The van der Waals surface area contributed by atoms with E-state index in [0.29, 0.717) is 15.8 Å². The van der Waals surface area contributed by atoms with E-state index in [4.69, 9.17) is 17.3 Å². The number of rotatable bonds is 3. The number of nitrogens with one attached hydrogen (secondary N) is 1. The van der Waals surface area contributed by atoms with Crippen LogP contribution in [0.4, 0.5) is 15.8 Å². The maximum absolute atomic E-state index is 13.1. The first-order valence-electron chi connectivity index (χ1n) is 5.74. The second kappa shape index (κ2) is 6.24. The molecule has 1 amide bonds. The minimum absolute atomic E-state index is 0.141. The fourth-order valence-corrected chi connectivity index (χ4v) is 2.56. The van der Waals surface area contributed by atoms with Gasteiger partial charge in [0.05, 0.1) is 17.1 Å². The van der Waals surface area contributed by atoms with Crippen LogP contribution in [0.1, 0.15) is 5.56 Å². The predicted octanol–water partition coefficient (Wildman–Crippen LogP) is 4.01. The molecule has 0 aromatic heterocycles. The van der Waals surface area contributed by atoms with Crippen LogP contribution in [0.15, 0.2) is 40.9 Å². The molecular weight excluding hydrogens is 347 g/mol. The highest BCUT2D eigenvalue weighted by Gasteiger charge is 2.11. The molecule has 0 unspecified atom stereocenters. The Morgan fingerprint density at radius 3 is 2.55 bits per heavy atom. The molecule has 2 rings (SSSR count). The molecule has 0 fully saturated rings. The van der Waals surface area contributed by atoms with Crippen LogP contribution in [0.2, 0.25) is 5.02 Å². The molecular formula is C14H11BrClFN2O. The van der Waals surface area contributed by atoms with Gasteiger partial charge in [-0.05, 0) is 45.8 Å². The lowest BCUT2D eigenvalue weighted by molar-refractivity contribution is -0.115. The van der Waals surface area contributed by atoms with Gasteiger partial charge in [-0.3, -0.25) is 4.79 Å². The third-order valence-corrected chi connectivity index (χ3v) is 3.54. The van der Waals surface area contributed by atoms with Crippen LogP contribution in [-0.2, 0) is 11.2 Å². The van der Waals surface area contributed by atoms with E-state index >= 15 is 0 Å². The van der Waals surface area contributed by atoms with Crippen molar-refractivity contribution in [2.75, 3.05) is 11.1 Å². The third-order valence-electron chi connectivity index (χ3n) is 2.62. The molecule has 0 aliphatic heterocycles. The van der Waals surface area contributed by atoms with Crippen molar-refractivity contribution in [2.45, 2.75) is 6.42 Å². The second-order valence-electron chi connectivity index (χ2n) is 4.21. The SMILES string of the molecule is Nc1ccc(CC(=O)Nc2c(Cl)cc(F)cc2Br)cc1. The van der Waals surface area contributed by atoms with E-state index in [1.54, 1.807) is 24.3 Å². The summed E-state index contributed by atoms with van der Waals surface area (Å²) >= 11 is 9.07. The summed E-state index contributed by atoms with van der Waals surface area (Å²) in [6.07, 6.45) is 0.181. The van der Waals surface area contributed by atoms with Crippen molar-refractivity contribution in [2.24, 2.45) is 0 Å². The Morgan fingerprint density at radius 1 is 1.30 bits per heavy atom. The van der Waals surface area contributed by atoms with Gasteiger partial charge in [0.2, 0.25) is 5.91 Å².